The molecule has 0 aliphatic heterocycles. The zero-order valence-electron chi connectivity index (χ0n) is 9.05. The molecule has 0 bridgehead atoms. The first-order valence-corrected chi connectivity index (χ1v) is 7.40. The first-order chi connectivity index (χ1) is 6.13. The fourth-order valence-corrected chi connectivity index (χ4v) is 4.39. The summed E-state index contributed by atoms with van der Waals surface area (Å²) in [6.07, 6.45) is 0. The average molecular weight is 224 g/mol. The zero-order valence-corrected chi connectivity index (χ0v) is 10.6. The van der Waals surface area contributed by atoms with E-state index in [-0.39, 0.29) is 0 Å². The Morgan fingerprint density at radius 1 is 1.00 bits per heavy atom. The monoisotopic (exact) mass is 224 g/mol. The van der Waals surface area contributed by atoms with Crippen LogP contribution in [0.1, 0.15) is 27.7 Å². The second-order valence-corrected chi connectivity index (χ2v) is 7.06. The molecule has 0 aromatic rings. The molecule has 0 aliphatic carbocycles. The van der Waals surface area contributed by atoms with Gasteiger partial charge in [0.15, 0.2) is 0 Å². The predicted octanol–water partition coefficient (Wildman–Crippen LogP) is 2.53. The summed E-state index contributed by atoms with van der Waals surface area (Å²) in [6, 6.07) is 0. The molecular weight excluding hydrogens is 204 g/mol. The summed E-state index contributed by atoms with van der Waals surface area (Å²) in [5.74, 6) is 0. The Bertz CT molecular complexity index is 142. The average Bonchev–Trinajstić information content (AvgIpc) is 2.05. The molecule has 0 spiro atoms. The molecule has 0 aromatic carbocycles. The molecule has 78 valence electrons. The second kappa shape index (κ2) is 6.74. The zero-order chi connectivity index (χ0) is 10.3. The van der Waals surface area contributed by atoms with Gasteiger partial charge in [0.05, 0.1) is 0 Å². The molecule has 0 radical (unpaired) electrons. The van der Waals surface area contributed by atoms with Crippen LogP contribution < -0.4 is 0 Å². The van der Waals surface area contributed by atoms with Crippen LogP contribution in [0.4, 0.5) is 0 Å². The summed E-state index contributed by atoms with van der Waals surface area (Å²) in [6.45, 7) is 13.5. The van der Waals surface area contributed by atoms with Crippen LogP contribution in [0.15, 0.2) is 10.5 Å². The van der Waals surface area contributed by atoms with Crippen molar-refractivity contribution in [2.75, 3.05) is 19.8 Å². The molecule has 0 amide bonds. The molecule has 0 unspecified atom stereocenters. The molecule has 13 heavy (non-hydrogen) atoms. The predicted molar refractivity (Wildman–Crippen MR) is 49.7 cm³/mol. The molecule has 0 atom stereocenters. The molecule has 0 aromatic heterocycles. The van der Waals surface area contributed by atoms with Gasteiger partial charge in [0.1, 0.15) is 0 Å². The van der Waals surface area contributed by atoms with Crippen molar-refractivity contribution in [3.8, 4) is 0 Å². The Morgan fingerprint density at radius 3 is 1.46 bits per heavy atom. The van der Waals surface area contributed by atoms with Crippen molar-refractivity contribution < 1.29 is 27.7 Å². The van der Waals surface area contributed by atoms with Gasteiger partial charge in [-0.15, -0.1) is 0 Å². The molecule has 0 N–H and O–H groups in total. The van der Waals surface area contributed by atoms with Gasteiger partial charge in [-0.1, -0.05) is 0 Å². The van der Waals surface area contributed by atoms with E-state index < -0.39 is 17.8 Å². The Hall–Kier alpha value is 0.334. The first kappa shape index (κ1) is 13.3. The Balaban J connectivity index is 4.48. The van der Waals surface area contributed by atoms with E-state index >= 15 is 0 Å². The van der Waals surface area contributed by atoms with Gasteiger partial charge in [0, 0.05) is 0 Å². The van der Waals surface area contributed by atoms with Gasteiger partial charge >= 0.3 is 85.7 Å². The van der Waals surface area contributed by atoms with Crippen LogP contribution in [0.2, 0.25) is 0 Å². The van der Waals surface area contributed by atoms with E-state index in [0.29, 0.717) is 19.8 Å². The summed E-state index contributed by atoms with van der Waals surface area (Å²) in [5, 5.41) is 0. The van der Waals surface area contributed by atoms with Crippen molar-refractivity contribution in [2.45, 2.75) is 27.7 Å². The van der Waals surface area contributed by atoms with Gasteiger partial charge in [-0.2, -0.15) is 0 Å². The minimum atomic E-state index is -3.10. The number of allylic oxidation sites excluding steroid dienone is 1. The molecular formula is C9H20O3Ti. The van der Waals surface area contributed by atoms with Gasteiger partial charge in [-0.3, -0.25) is 0 Å². The molecule has 4 heteroatoms. The normalized spacial score (nSPS) is 11.7. The van der Waals surface area contributed by atoms with Crippen LogP contribution in [0, 0.1) is 0 Å². The van der Waals surface area contributed by atoms with Gasteiger partial charge in [-0.05, 0) is 0 Å². The third-order valence-corrected chi connectivity index (χ3v) is 6.29. The third kappa shape index (κ3) is 3.92. The topological polar surface area (TPSA) is 27.7 Å². The number of hydrogen-bond acceptors (Lipinski definition) is 3. The minimum absolute atomic E-state index is 0.618. The van der Waals surface area contributed by atoms with Crippen molar-refractivity contribution >= 4 is 0 Å². The van der Waals surface area contributed by atoms with Crippen molar-refractivity contribution in [3.63, 3.8) is 0 Å². The van der Waals surface area contributed by atoms with Crippen LogP contribution >= 0.6 is 0 Å². The fraction of sp³-hybridized carbons (Fsp3) is 0.778. The van der Waals surface area contributed by atoms with E-state index in [1.54, 1.807) is 0 Å². The second-order valence-electron chi connectivity index (χ2n) is 2.64. The maximum absolute atomic E-state index is 5.62. The maximum atomic E-state index is 5.62. The SMILES string of the molecule is C=[C](C)[Ti]([O]CC)([O]CC)[O]CC. The van der Waals surface area contributed by atoms with Gasteiger partial charge in [0.25, 0.3) is 0 Å². The number of rotatable bonds is 7. The third-order valence-electron chi connectivity index (χ3n) is 1.53. The van der Waals surface area contributed by atoms with E-state index in [1.165, 1.54) is 0 Å². The molecule has 0 saturated heterocycles. The van der Waals surface area contributed by atoms with Crippen LogP contribution in [0.5, 0.6) is 0 Å². The van der Waals surface area contributed by atoms with E-state index in [9.17, 15) is 0 Å². The van der Waals surface area contributed by atoms with Gasteiger partial charge in [-0.25, -0.2) is 0 Å². The molecule has 0 saturated carbocycles. The Kier molecular flexibility index (Phi) is 6.91. The summed E-state index contributed by atoms with van der Waals surface area (Å²) >= 11 is -3.10. The molecule has 0 heterocycles. The van der Waals surface area contributed by atoms with Crippen LogP contribution in [-0.4, -0.2) is 19.8 Å². The van der Waals surface area contributed by atoms with Crippen molar-refractivity contribution in [2.24, 2.45) is 0 Å². The molecule has 3 nitrogen and oxygen atoms in total. The fourth-order valence-electron chi connectivity index (χ4n) is 1.06. The Labute approximate surface area is 85.8 Å². The molecule has 0 fully saturated rings. The molecule has 0 rings (SSSR count). The summed E-state index contributed by atoms with van der Waals surface area (Å²) < 4.78 is 17.8. The van der Waals surface area contributed by atoms with Crippen molar-refractivity contribution in [1.82, 2.24) is 0 Å². The summed E-state index contributed by atoms with van der Waals surface area (Å²) in [5.41, 5.74) is 0. The van der Waals surface area contributed by atoms with Crippen molar-refractivity contribution in [3.05, 3.63) is 10.5 Å². The standard InChI is InChI=1S/C3H5.3C2H5O.Ti/c1-3-2;3*1-2-3;/h1H2,2H3;3*2H2,1H3;/q;3*-1;+3. The van der Waals surface area contributed by atoms with Crippen LogP contribution in [-0.2, 0) is 27.7 Å². The van der Waals surface area contributed by atoms with Crippen LogP contribution in [0.3, 0.4) is 0 Å². The van der Waals surface area contributed by atoms with E-state index in [0.717, 1.165) is 3.88 Å². The number of hydrogen-bond donors (Lipinski definition) is 0. The summed E-state index contributed by atoms with van der Waals surface area (Å²) in [7, 11) is 0. The van der Waals surface area contributed by atoms with Gasteiger partial charge < -0.3 is 0 Å². The quantitative estimate of drug-likeness (QED) is 0.622. The summed E-state index contributed by atoms with van der Waals surface area (Å²) in [4.78, 5) is 0. The van der Waals surface area contributed by atoms with Crippen molar-refractivity contribution in [1.29, 1.82) is 0 Å². The van der Waals surface area contributed by atoms with Gasteiger partial charge in [0.2, 0.25) is 0 Å². The van der Waals surface area contributed by atoms with E-state index in [4.69, 9.17) is 9.96 Å². The molecule has 0 aliphatic rings. The first-order valence-electron chi connectivity index (χ1n) is 4.70. The van der Waals surface area contributed by atoms with Crippen LogP contribution in [0.25, 0.3) is 0 Å². The Morgan fingerprint density at radius 2 is 1.31 bits per heavy atom. The van der Waals surface area contributed by atoms with E-state index in [1.807, 2.05) is 27.7 Å². The van der Waals surface area contributed by atoms with E-state index in [2.05, 4.69) is 6.58 Å².